The summed E-state index contributed by atoms with van der Waals surface area (Å²) < 4.78 is 33.1. The van der Waals surface area contributed by atoms with Gasteiger partial charge in [-0.2, -0.15) is 8.42 Å². The predicted molar refractivity (Wildman–Crippen MR) is 109 cm³/mol. The minimum atomic E-state index is -3.98. The summed E-state index contributed by atoms with van der Waals surface area (Å²) in [5.41, 5.74) is 1.09. The molecule has 0 atom stereocenters. The zero-order valence-corrected chi connectivity index (χ0v) is 18.4. The normalized spacial score (nSPS) is 11.7. The van der Waals surface area contributed by atoms with Gasteiger partial charge in [0.1, 0.15) is 10.4 Å². The number of halogens is 3. The molecular formula is C16H10Br2INO3S. The minimum Gasteiger partial charge on any atom is -0.375 e. The molecule has 0 N–H and O–H groups in total. The molecule has 1 heterocycles. The largest absolute Gasteiger partial charge is 0.375 e. The zero-order valence-electron chi connectivity index (χ0n) is 12.3. The number of benzene rings is 2. The first-order valence-corrected chi connectivity index (χ1v) is 10.8. The van der Waals surface area contributed by atoms with Crippen molar-refractivity contribution in [3.63, 3.8) is 0 Å². The Hall–Kier alpha value is -0.710. The Bertz CT molecular complexity index is 1050. The second kappa shape index (κ2) is 6.89. The van der Waals surface area contributed by atoms with Crippen LogP contribution in [0.3, 0.4) is 0 Å². The summed E-state index contributed by atoms with van der Waals surface area (Å²) in [6.07, 6.45) is 1.59. The van der Waals surface area contributed by atoms with E-state index >= 15 is 0 Å². The zero-order chi connectivity index (χ0) is 17.5. The smallest absolute Gasteiger partial charge is 0.339 e. The first kappa shape index (κ1) is 18.1. The lowest BCUT2D eigenvalue weighted by Gasteiger charge is -2.13. The number of hydrogen-bond acceptors (Lipinski definition) is 4. The summed E-state index contributed by atoms with van der Waals surface area (Å²) >= 11 is 8.89. The average molecular weight is 583 g/mol. The van der Waals surface area contributed by atoms with Crippen molar-refractivity contribution in [3.8, 4) is 5.75 Å². The Morgan fingerprint density at radius 2 is 1.88 bits per heavy atom. The maximum Gasteiger partial charge on any atom is 0.339 e. The van der Waals surface area contributed by atoms with Crippen molar-refractivity contribution in [2.24, 2.45) is 0 Å². The van der Waals surface area contributed by atoms with Gasteiger partial charge in [0.05, 0.1) is 4.47 Å². The molecule has 0 saturated heterocycles. The summed E-state index contributed by atoms with van der Waals surface area (Å²) in [6.45, 7) is 1.74. The second-order valence-corrected chi connectivity index (χ2v) is 9.49. The van der Waals surface area contributed by atoms with Crippen molar-refractivity contribution in [1.29, 1.82) is 0 Å². The van der Waals surface area contributed by atoms with Gasteiger partial charge in [0.2, 0.25) is 0 Å². The number of nitrogens with zero attached hydrogens (tertiary/aromatic N) is 1. The maximum absolute atomic E-state index is 12.8. The van der Waals surface area contributed by atoms with Crippen molar-refractivity contribution in [1.82, 2.24) is 4.98 Å². The van der Waals surface area contributed by atoms with Crippen LogP contribution >= 0.6 is 54.5 Å². The quantitative estimate of drug-likeness (QED) is 0.305. The summed E-state index contributed by atoms with van der Waals surface area (Å²) in [5.74, 6) is 0.173. The lowest BCUT2D eigenvalue weighted by Crippen LogP contribution is -2.12. The highest BCUT2D eigenvalue weighted by Crippen LogP contribution is 2.39. The van der Waals surface area contributed by atoms with Crippen LogP contribution in [0.4, 0.5) is 0 Å². The molecule has 0 saturated carbocycles. The van der Waals surface area contributed by atoms with E-state index in [-0.39, 0.29) is 10.6 Å². The van der Waals surface area contributed by atoms with E-state index in [1.807, 2.05) is 12.1 Å². The van der Waals surface area contributed by atoms with E-state index in [1.165, 1.54) is 0 Å². The van der Waals surface area contributed by atoms with Gasteiger partial charge in [0, 0.05) is 19.6 Å². The van der Waals surface area contributed by atoms with Gasteiger partial charge in [0.25, 0.3) is 0 Å². The number of rotatable bonds is 3. The van der Waals surface area contributed by atoms with Crippen LogP contribution in [-0.2, 0) is 10.1 Å². The first-order chi connectivity index (χ1) is 11.3. The number of aryl methyl sites for hydroxylation is 1. The molecule has 24 heavy (non-hydrogen) atoms. The maximum atomic E-state index is 12.8. The van der Waals surface area contributed by atoms with E-state index in [4.69, 9.17) is 4.18 Å². The average Bonchev–Trinajstić information content (AvgIpc) is 2.53. The van der Waals surface area contributed by atoms with Crippen LogP contribution in [0, 0.1) is 10.5 Å². The first-order valence-electron chi connectivity index (χ1n) is 6.73. The Labute approximate surface area is 170 Å². The molecule has 0 aliphatic carbocycles. The molecule has 3 aromatic rings. The molecule has 1 aromatic heterocycles. The van der Waals surface area contributed by atoms with Gasteiger partial charge >= 0.3 is 10.1 Å². The molecule has 4 nitrogen and oxygen atoms in total. The number of fused-ring (bicyclic) bond motifs is 1. The molecule has 0 unspecified atom stereocenters. The monoisotopic (exact) mass is 581 g/mol. The minimum absolute atomic E-state index is 0.147. The van der Waals surface area contributed by atoms with Crippen molar-refractivity contribution in [3.05, 3.63) is 60.7 Å². The third-order valence-electron chi connectivity index (χ3n) is 3.36. The Balaban J connectivity index is 2.18. The highest BCUT2D eigenvalue weighted by Gasteiger charge is 2.23. The molecule has 0 radical (unpaired) electrons. The van der Waals surface area contributed by atoms with Gasteiger partial charge in [-0.25, -0.2) is 0 Å². The van der Waals surface area contributed by atoms with Gasteiger partial charge in [-0.05, 0) is 75.3 Å². The molecule has 8 heteroatoms. The molecule has 2 aromatic carbocycles. The fourth-order valence-electron chi connectivity index (χ4n) is 2.22. The molecule has 0 bridgehead atoms. The van der Waals surface area contributed by atoms with E-state index in [1.54, 1.807) is 37.4 Å². The van der Waals surface area contributed by atoms with Crippen molar-refractivity contribution >= 4 is 75.5 Å². The van der Waals surface area contributed by atoms with Crippen molar-refractivity contribution < 1.29 is 12.6 Å². The van der Waals surface area contributed by atoms with E-state index in [2.05, 4.69) is 59.4 Å². The van der Waals surface area contributed by atoms with Crippen LogP contribution in [-0.4, -0.2) is 13.4 Å². The van der Waals surface area contributed by atoms with Gasteiger partial charge < -0.3 is 4.18 Å². The Morgan fingerprint density at radius 1 is 1.12 bits per heavy atom. The Kier molecular flexibility index (Phi) is 5.19. The summed E-state index contributed by atoms with van der Waals surface area (Å²) in [7, 11) is -3.98. The van der Waals surface area contributed by atoms with Gasteiger partial charge in [-0.15, -0.1) is 0 Å². The highest BCUT2D eigenvalue weighted by atomic mass is 127. The number of aromatic nitrogens is 1. The Morgan fingerprint density at radius 3 is 2.62 bits per heavy atom. The fraction of sp³-hybridized carbons (Fsp3) is 0.0625. The molecule has 124 valence electrons. The van der Waals surface area contributed by atoms with Crippen molar-refractivity contribution in [2.45, 2.75) is 11.8 Å². The van der Waals surface area contributed by atoms with E-state index in [0.717, 1.165) is 13.4 Å². The lowest BCUT2D eigenvalue weighted by molar-refractivity contribution is 0.486. The molecule has 0 aliphatic heterocycles. The number of hydrogen-bond donors (Lipinski definition) is 0. The van der Waals surface area contributed by atoms with Crippen LogP contribution in [0.15, 0.2) is 56.4 Å². The third kappa shape index (κ3) is 3.47. The third-order valence-corrected chi connectivity index (χ3v) is 6.64. The van der Waals surface area contributed by atoms with Gasteiger partial charge in [0.15, 0.2) is 5.75 Å². The van der Waals surface area contributed by atoms with E-state index in [0.29, 0.717) is 15.6 Å². The molecule has 3 rings (SSSR count). The molecule has 0 fully saturated rings. The van der Waals surface area contributed by atoms with E-state index in [9.17, 15) is 8.42 Å². The summed E-state index contributed by atoms with van der Waals surface area (Å²) in [6, 6.07) is 10.6. The highest BCUT2D eigenvalue weighted by molar-refractivity contribution is 14.1. The second-order valence-electron chi connectivity index (χ2n) is 5.02. The van der Waals surface area contributed by atoms with Crippen LogP contribution in [0.5, 0.6) is 5.75 Å². The topological polar surface area (TPSA) is 56.3 Å². The standard InChI is InChI=1S/C16H10Br2INO3S/c1-9-4-5-10(19)7-14(9)24(21,22)23-16-13(18)8-12(17)11-3-2-6-20-15(11)16/h2-8H,1H3. The molecular weight excluding hydrogens is 573 g/mol. The number of pyridine rings is 1. The summed E-state index contributed by atoms with van der Waals surface area (Å²) in [5, 5.41) is 0.769. The molecule has 0 aliphatic rings. The van der Waals surface area contributed by atoms with Crippen LogP contribution in [0.1, 0.15) is 5.56 Å². The summed E-state index contributed by atoms with van der Waals surface area (Å²) in [4.78, 5) is 4.42. The SMILES string of the molecule is Cc1ccc(I)cc1S(=O)(=O)Oc1c(Br)cc(Br)c2cccnc12. The fourth-order valence-corrected chi connectivity index (χ4v) is 5.60. The lowest BCUT2D eigenvalue weighted by atomic mass is 10.2. The predicted octanol–water partition coefficient (Wildman–Crippen LogP) is 5.44. The molecule has 0 amide bonds. The van der Waals surface area contributed by atoms with Gasteiger partial charge in [-0.3, -0.25) is 4.98 Å². The van der Waals surface area contributed by atoms with Crippen LogP contribution < -0.4 is 4.18 Å². The van der Waals surface area contributed by atoms with Crippen molar-refractivity contribution in [2.75, 3.05) is 0 Å². The van der Waals surface area contributed by atoms with E-state index < -0.39 is 10.1 Å². The van der Waals surface area contributed by atoms with Crippen LogP contribution in [0.2, 0.25) is 0 Å². The van der Waals surface area contributed by atoms with Gasteiger partial charge in [-0.1, -0.05) is 28.1 Å². The molecule has 0 spiro atoms. The van der Waals surface area contributed by atoms with Crippen LogP contribution in [0.25, 0.3) is 10.9 Å².